The molecule has 0 bridgehead atoms. The Labute approximate surface area is 169 Å². The number of fused-ring (bicyclic) bond motifs is 3. The van der Waals surface area contributed by atoms with Crippen molar-refractivity contribution in [1.29, 1.82) is 5.26 Å². The summed E-state index contributed by atoms with van der Waals surface area (Å²) >= 11 is 0. The fourth-order valence-corrected chi connectivity index (χ4v) is 4.93. The van der Waals surface area contributed by atoms with E-state index in [0.29, 0.717) is 23.8 Å². The molecular formula is C23H21N3O3. The summed E-state index contributed by atoms with van der Waals surface area (Å²) in [5.41, 5.74) is 3.68. The number of carboxylic acid groups (broad SMARTS) is 1. The number of ether oxygens (including phenoxy) is 1. The summed E-state index contributed by atoms with van der Waals surface area (Å²) < 4.78 is 6.02. The predicted molar refractivity (Wildman–Crippen MR) is 108 cm³/mol. The van der Waals surface area contributed by atoms with Crippen molar-refractivity contribution >= 4 is 17.4 Å². The summed E-state index contributed by atoms with van der Waals surface area (Å²) in [6, 6.07) is 15.0. The molecule has 0 amide bonds. The molecule has 2 aliphatic heterocycles. The Morgan fingerprint density at radius 2 is 1.93 bits per heavy atom. The predicted octanol–water partition coefficient (Wildman–Crippen LogP) is 4.05. The number of nitrogens with zero attached hydrogens (tertiary/aromatic N) is 3. The SMILES string of the molecule is N#Cc1ccc(N2N=C3c4ccc(C(=O)O)cc4OC[C@H]3[C@H]2C2CCCC2)cc1. The minimum absolute atomic E-state index is 0.150. The van der Waals surface area contributed by atoms with E-state index < -0.39 is 5.97 Å². The summed E-state index contributed by atoms with van der Waals surface area (Å²) in [4.78, 5) is 11.3. The maximum atomic E-state index is 11.3. The first-order valence-corrected chi connectivity index (χ1v) is 10.0. The van der Waals surface area contributed by atoms with E-state index in [0.717, 1.165) is 17.0 Å². The number of hydrogen-bond donors (Lipinski definition) is 1. The molecule has 3 aliphatic rings. The fraction of sp³-hybridized carbons (Fsp3) is 0.348. The fourth-order valence-electron chi connectivity index (χ4n) is 4.93. The molecule has 5 rings (SSSR count). The van der Waals surface area contributed by atoms with E-state index in [2.05, 4.69) is 11.1 Å². The van der Waals surface area contributed by atoms with Crippen molar-refractivity contribution in [3.63, 3.8) is 0 Å². The number of nitriles is 1. The lowest BCUT2D eigenvalue weighted by atomic mass is 9.81. The Bertz CT molecular complexity index is 1030. The normalized spacial score (nSPS) is 23.0. The van der Waals surface area contributed by atoms with Gasteiger partial charge in [-0.15, -0.1) is 0 Å². The smallest absolute Gasteiger partial charge is 0.335 e. The van der Waals surface area contributed by atoms with Crippen LogP contribution < -0.4 is 9.75 Å². The van der Waals surface area contributed by atoms with Gasteiger partial charge >= 0.3 is 5.97 Å². The van der Waals surface area contributed by atoms with E-state index in [1.807, 2.05) is 30.3 Å². The number of anilines is 1. The van der Waals surface area contributed by atoms with Crippen LogP contribution in [-0.2, 0) is 0 Å². The lowest BCUT2D eigenvalue weighted by Crippen LogP contribution is -2.43. The second-order valence-electron chi connectivity index (χ2n) is 7.96. The van der Waals surface area contributed by atoms with Gasteiger partial charge in [0.05, 0.1) is 47.2 Å². The quantitative estimate of drug-likeness (QED) is 0.859. The Balaban J connectivity index is 1.57. The second kappa shape index (κ2) is 6.93. The van der Waals surface area contributed by atoms with E-state index in [1.54, 1.807) is 12.1 Å². The first-order valence-electron chi connectivity index (χ1n) is 10.0. The first kappa shape index (κ1) is 17.7. The average Bonchev–Trinajstić information content (AvgIpc) is 3.40. The molecule has 0 spiro atoms. The molecule has 0 radical (unpaired) electrons. The van der Waals surface area contributed by atoms with Gasteiger partial charge in [-0.25, -0.2) is 4.79 Å². The molecule has 6 nitrogen and oxygen atoms in total. The van der Waals surface area contributed by atoms with Gasteiger partial charge in [0.1, 0.15) is 5.75 Å². The maximum absolute atomic E-state index is 11.3. The lowest BCUT2D eigenvalue weighted by molar-refractivity contribution is 0.0696. The van der Waals surface area contributed by atoms with Crippen LogP contribution in [0.1, 0.15) is 47.2 Å². The lowest BCUT2D eigenvalue weighted by Gasteiger charge is -2.34. The highest BCUT2D eigenvalue weighted by Crippen LogP contribution is 2.44. The summed E-state index contributed by atoms with van der Waals surface area (Å²) in [6.45, 7) is 0.503. The number of hydrazone groups is 1. The van der Waals surface area contributed by atoms with Crippen LogP contribution >= 0.6 is 0 Å². The highest BCUT2D eigenvalue weighted by Gasteiger charge is 2.46. The summed E-state index contributed by atoms with van der Waals surface area (Å²) in [7, 11) is 0. The molecule has 0 unspecified atom stereocenters. The van der Waals surface area contributed by atoms with Crippen LogP contribution in [0.15, 0.2) is 47.6 Å². The largest absolute Gasteiger partial charge is 0.492 e. The van der Waals surface area contributed by atoms with Crippen LogP contribution in [0.4, 0.5) is 5.69 Å². The molecule has 0 saturated heterocycles. The van der Waals surface area contributed by atoms with Crippen molar-refractivity contribution in [2.75, 3.05) is 11.6 Å². The third kappa shape index (κ3) is 2.94. The molecule has 29 heavy (non-hydrogen) atoms. The topological polar surface area (TPSA) is 85.9 Å². The minimum Gasteiger partial charge on any atom is -0.492 e. The molecule has 1 fully saturated rings. The zero-order valence-corrected chi connectivity index (χ0v) is 15.9. The molecule has 2 aromatic rings. The monoisotopic (exact) mass is 387 g/mol. The highest BCUT2D eigenvalue weighted by molar-refractivity contribution is 6.08. The maximum Gasteiger partial charge on any atom is 0.335 e. The Morgan fingerprint density at radius 1 is 1.17 bits per heavy atom. The Morgan fingerprint density at radius 3 is 2.62 bits per heavy atom. The second-order valence-corrected chi connectivity index (χ2v) is 7.96. The zero-order chi connectivity index (χ0) is 20.0. The molecule has 2 heterocycles. The number of carboxylic acids is 1. The molecule has 1 saturated carbocycles. The molecule has 2 aromatic carbocycles. The Hall–Kier alpha value is -3.33. The van der Waals surface area contributed by atoms with Gasteiger partial charge in [-0.2, -0.15) is 10.4 Å². The van der Waals surface area contributed by atoms with E-state index in [9.17, 15) is 9.90 Å². The third-order valence-corrected chi connectivity index (χ3v) is 6.33. The van der Waals surface area contributed by atoms with Crippen LogP contribution in [0.3, 0.4) is 0 Å². The molecule has 2 atom stereocenters. The van der Waals surface area contributed by atoms with E-state index in [-0.39, 0.29) is 17.5 Å². The standard InChI is InChI=1S/C23H21N3O3/c24-12-14-5-8-17(9-6-14)26-22(15-3-1-2-4-15)19-13-29-20-11-16(23(27)28)7-10-18(20)21(19)25-26/h5-11,15,19,22H,1-4,13H2,(H,27,28)/t19-,22-/m1/s1. The van der Waals surface area contributed by atoms with Crippen molar-refractivity contribution in [3.05, 3.63) is 59.2 Å². The summed E-state index contributed by atoms with van der Waals surface area (Å²) in [5.74, 6) is 0.318. The van der Waals surface area contributed by atoms with Gasteiger partial charge in [0.2, 0.25) is 0 Å². The van der Waals surface area contributed by atoms with Gasteiger partial charge < -0.3 is 9.84 Å². The number of hydrogen-bond acceptors (Lipinski definition) is 5. The molecule has 1 N–H and O–H groups in total. The summed E-state index contributed by atoms with van der Waals surface area (Å²) in [5, 5.41) is 25.5. The van der Waals surface area contributed by atoms with E-state index in [1.165, 1.54) is 25.7 Å². The van der Waals surface area contributed by atoms with Gasteiger partial charge in [-0.1, -0.05) is 12.8 Å². The first-order chi connectivity index (χ1) is 14.2. The number of carbonyl (C=O) groups is 1. The van der Waals surface area contributed by atoms with Gasteiger partial charge in [0.15, 0.2) is 0 Å². The van der Waals surface area contributed by atoms with Crippen LogP contribution in [-0.4, -0.2) is 29.4 Å². The molecule has 1 aliphatic carbocycles. The van der Waals surface area contributed by atoms with Crippen LogP contribution in [0.25, 0.3) is 0 Å². The average molecular weight is 387 g/mol. The minimum atomic E-state index is -0.963. The zero-order valence-electron chi connectivity index (χ0n) is 15.9. The van der Waals surface area contributed by atoms with E-state index >= 15 is 0 Å². The van der Waals surface area contributed by atoms with Crippen molar-refractivity contribution in [3.8, 4) is 11.8 Å². The van der Waals surface area contributed by atoms with Crippen molar-refractivity contribution in [1.82, 2.24) is 0 Å². The van der Waals surface area contributed by atoms with Gasteiger partial charge in [0.25, 0.3) is 0 Å². The van der Waals surface area contributed by atoms with E-state index in [4.69, 9.17) is 15.1 Å². The number of benzene rings is 2. The van der Waals surface area contributed by atoms with Gasteiger partial charge in [-0.3, -0.25) is 5.01 Å². The highest BCUT2D eigenvalue weighted by atomic mass is 16.5. The Kier molecular flexibility index (Phi) is 4.24. The summed E-state index contributed by atoms with van der Waals surface area (Å²) in [6.07, 6.45) is 4.84. The van der Waals surface area contributed by atoms with Gasteiger partial charge in [-0.05, 0) is 61.2 Å². The van der Waals surface area contributed by atoms with Crippen LogP contribution in [0.2, 0.25) is 0 Å². The molecule has 146 valence electrons. The van der Waals surface area contributed by atoms with Crippen LogP contribution in [0.5, 0.6) is 5.75 Å². The van der Waals surface area contributed by atoms with Gasteiger partial charge in [0, 0.05) is 5.56 Å². The van der Waals surface area contributed by atoms with Crippen molar-refractivity contribution < 1.29 is 14.6 Å². The van der Waals surface area contributed by atoms with Crippen molar-refractivity contribution in [2.45, 2.75) is 31.7 Å². The van der Waals surface area contributed by atoms with Crippen molar-refractivity contribution in [2.24, 2.45) is 16.9 Å². The number of aromatic carboxylic acids is 1. The molecule has 0 aromatic heterocycles. The molecule has 6 heteroatoms. The number of rotatable bonds is 3. The molecular weight excluding hydrogens is 366 g/mol. The van der Waals surface area contributed by atoms with Crippen LogP contribution in [0, 0.1) is 23.2 Å². The third-order valence-electron chi connectivity index (χ3n) is 6.33.